The van der Waals surface area contributed by atoms with Crippen molar-refractivity contribution in [2.24, 2.45) is 0 Å². The SMILES string of the molecule is COc1cccc(F)c1F.COc1ccccc1F. The van der Waals surface area contributed by atoms with Crippen molar-refractivity contribution in [2.75, 3.05) is 14.2 Å². The van der Waals surface area contributed by atoms with Gasteiger partial charge in [0.1, 0.15) is 0 Å². The molecule has 0 unspecified atom stereocenters. The van der Waals surface area contributed by atoms with Crippen LogP contribution in [0, 0.1) is 17.5 Å². The zero-order valence-electron chi connectivity index (χ0n) is 10.5. The Morgan fingerprint density at radius 1 is 0.684 bits per heavy atom. The van der Waals surface area contributed by atoms with E-state index in [-0.39, 0.29) is 17.3 Å². The predicted octanol–water partition coefficient (Wildman–Crippen LogP) is 3.81. The maximum atomic E-state index is 12.5. The van der Waals surface area contributed by atoms with Crippen molar-refractivity contribution in [2.45, 2.75) is 0 Å². The molecule has 102 valence electrons. The van der Waals surface area contributed by atoms with Gasteiger partial charge in [-0.05, 0) is 24.3 Å². The summed E-state index contributed by atoms with van der Waals surface area (Å²) < 4.78 is 46.5. The number of methoxy groups -OCH3 is 2. The molecule has 2 nitrogen and oxygen atoms in total. The fourth-order valence-corrected chi connectivity index (χ4v) is 1.25. The van der Waals surface area contributed by atoms with Crippen LogP contribution in [-0.4, -0.2) is 14.2 Å². The van der Waals surface area contributed by atoms with E-state index in [2.05, 4.69) is 9.47 Å². The van der Waals surface area contributed by atoms with E-state index in [9.17, 15) is 13.2 Å². The van der Waals surface area contributed by atoms with Crippen LogP contribution in [0.1, 0.15) is 0 Å². The second-order valence-electron chi connectivity index (χ2n) is 3.39. The summed E-state index contributed by atoms with van der Waals surface area (Å²) in [7, 11) is 2.73. The largest absolute Gasteiger partial charge is 0.494 e. The number of hydrogen-bond acceptors (Lipinski definition) is 2. The quantitative estimate of drug-likeness (QED) is 0.826. The Labute approximate surface area is 109 Å². The third-order valence-electron chi connectivity index (χ3n) is 2.19. The Kier molecular flexibility index (Phi) is 5.73. The third kappa shape index (κ3) is 4.21. The molecule has 2 aromatic carbocycles. The molecule has 0 aliphatic rings. The van der Waals surface area contributed by atoms with Gasteiger partial charge in [-0.2, -0.15) is 4.39 Å². The van der Waals surface area contributed by atoms with Crippen molar-refractivity contribution in [1.29, 1.82) is 0 Å². The molecule has 0 aliphatic carbocycles. The van der Waals surface area contributed by atoms with Gasteiger partial charge in [0.05, 0.1) is 14.2 Å². The first-order valence-electron chi connectivity index (χ1n) is 5.36. The molecule has 0 N–H and O–H groups in total. The van der Waals surface area contributed by atoms with E-state index in [4.69, 9.17) is 0 Å². The first-order valence-corrected chi connectivity index (χ1v) is 5.36. The van der Waals surface area contributed by atoms with Gasteiger partial charge >= 0.3 is 0 Å². The summed E-state index contributed by atoms with van der Waals surface area (Å²) in [6, 6.07) is 10.1. The number of halogens is 3. The van der Waals surface area contributed by atoms with Crippen molar-refractivity contribution in [3.8, 4) is 11.5 Å². The van der Waals surface area contributed by atoms with Crippen molar-refractivity contribution in [3.63, 3.8) is 0 Å². The molecular weight excluding hydrogens is 257 g/mol. The zero-order chi connectivity index (χ0) is 14.3. The lowest BCUT2D eigenvalue weighted by Gasteiger charge is -1.99. The van der Waals surface area contributed by atoms with Crippen molar-refractivity contribution < 1.29 is 22.6 Å². The summed E-state index contributed by atoms with van der Waals surface area (Å²) in [6.07, 6.45) is 0. The van der Waals surface area contributed by atoms with Crippen LogP contribution in [0.4, 0.5) is 13.2 Å². The van der Waals surface area contributed by atoms with Crippen LogP contribution >= 0.6 is 0 Å². The summed E-state index contributed by atoms with van der Waals surface area (Å²) in [6.45, 7) is 0. The molecule has 0 spiro atoms. The second-order valence-corrected chi connectivity index (χ2v) is 3.39. The Morgan fingerprint density at radius 3 is 1.68 bits per heavy atom. The van der Waals surface area contributed by atoms with Gasteiger partial charge in [0, 0.05) is 0 Å². The van der Waals surface area contributed by atoms with E-state index in [0.29, 0.717) is 0 Å². The van der Waals surface area contributed by atoms with Gasteiger partial charge in [-0.15, -0.1) is 0 Å². The molecular formula is C14H13F3O2. The molecule has 0 bridgehead atoms. The second kappa shape index (κ2) is 7.31. The molecule has 0 saturated carbocycles. The number of ether oxygens (including phenoxy) is 2. The fourth-order valence-electron chi connectivity index (χ4n) is 1.25. The highest BCUT2D eigenvalue weighted by molar-refractivity contribution is 5.24. The maximum Gasteiger partial charge on any atom is 0.200 e. The molecule has 2 aromatic rings. The normalized spacial score (nSPS) is 9.32. The Bertz CT molecular complexity index is 530. The lowest BCUT2D eigenvalue weighted by molar-refractivity contribution is 0.372. The number of benzene rings is 2. The molecule has 0 heterocycles. The highest BCUT2D eigenvalue weighted by atomic mass is 19.2. The molecule has 0 radical (unpaired) electrons. The van der Waals surface area contributed by atoms with Gasteiger partial charge < -0.3 is 9.47 Å². The molecule has 0 aliphatic heterocycles. The first kappa shape index (κ1) is 14.9. The van der Waals surface area contributed by atoms with E-state index >= 15 is 0 Å². The Balaban J connectivity index is 0.000000191. The average Bonchev–Trinajstić information content (AvgIpc) is 2.43. The number of hydrogen-bond donors (Lipinski definition) is 0. The van der Waals surface area contributed by atoms with Crippen LogP contribution in [0.3, 0.4) is 0 Å². The maximum absolute atomic E-state index is 12.5. The molecule has 0 saturated heterocycles. The minimum Gasteiger partial charge on any atom is -0.494 e. The molecule has 0 aromatic heterocycles. The van der Waals surface area contributed by atoms with Gasteiger partial charge in [-0.3, -0.25) is 0 Å². The highest BCUT2D eigenvalue weighted by Crippen LogP contribution is 2.17. The number of rotatable bonds is 2. The summed E-state index contributed by atoms with van der Waals surface area (Å²) in [4.78, 5) is 0. The molecule has 0 amide bonds. The van der Waals surface area contributed by atoms with Crippen LogP contribution in [0.25, 0.3) is 0 Å². The van der Waals surface area contributed by atoms with Crippen LogP contribution in [0.15, 0.2) is 42.5 Å². The summed E-state index contributed by atoms with van der Waals surface area (Å²) in [5.74, 6) is -1.93. The minimum absolute atomic E-state index is 0.0694. The van der Waals surface area contributed by atoms with Crippen molar-refractivity contribution in [1.82, 2.24) is 0 Å². The van der Waals surface area contributed by atoms with Crippen LogP contribution in [0.2, 0.25) is 0 Å². The average molecular weight is 270 g/mol. The third-order valence-corrected chi connectivity index (χ3v) is 2.19. The van der Waals surface area contributed by atoms with E-state index in [1.54, 1.807) is 18.2 Å². The predicted molar refractivity (Wildman–Crippen MR) is 65.9 cm³/mol. The fraction of sp³-hybridized carbons (Fsp3) is 0.143. The molecule has 2 rings (SSSR count). The zero-order valence-corrected chi connectivity index (χ0v) is 10.5. The van der Waals surface area contributed by atoms with E-state index in [1.165, 1.54) is 32.4 Å². The van der Waals surface area contributed by atoms with Crippen LogP contribution in [-0.2, 0) is 0 Å². The molecule has 0 atom stereocenters. The Morgan fingerprint density at radius 2 is 1.21 bits per heavy atom. The number of para-hydroxylation sites is 1. The monoisotopic (exact) mass is 270 g/mol. The summed E-state index contributed by atoms with van der Waals surface area (Å²) >= 11 is 0. The molecule has 5 heteroatoms. The van der Waals surface area contributed by atoms with Crippen LogP contribution in [0.5, 0.6) is 11.5 Å². The lowest BCUT2D eigenvalue weighted by Crippen LogP contribution is -1.90. The van der Waals surface area contributed by atoms with Crippen molar-refractivity contribution >= 4 is 0 Å². The van der Waals surface area contributed by atoms with Gasteiger partial charge in [-0.1, -0.05) is 18.2 Å². The molecule has 19 heavy (non-hydrogen) atoms. The lowest BCUT2D eigenvalue weighted by atomic mass is 10.3. The summed E-state index contributed by atoms with van der Waals surface area (Å²) in [5.41, 5.74) is 0. The first-order chi connectivity index (χ1) is 9.10. The smallest absolute Gasteiger partial charge is 0.200 e. The van der Waals surface area contributed by atoms with Gasteiger partial charge in [0.15, 0.2) is 23.1 Å². The van der Waals surface area contributed by atoms with Gasteiger partial charge in [0.2, 0.25) is 5.82 Å². The highest BCUT2D eigenvalue weighted by Gasteiger charge is 2.05. The minimum atomic E-state index is -0.940. The van der Waals surface area contributed by atoms with Gasteiger partial charge in [0.25, 0.3) is 0 Å². The Hall–Kier alpha value is -2.17. The van der Waals surface area contributed by atoms with Crippen LogP contribution < -0.4 is 9.47 Å². The van der Waals surface area contributed by atoms with Gasteiger partial charge in [-0.25, -0.2) is 8.78 Å². The topological polar surface area (TPSA) is 18.5 Å². The standard InChI is InChI=1S/C7H6F2O.C7H7FO/c1-10-6-4-2-3-5(8)7(6)9;1-9-7-5-3-2-4-6(7)8/h2-4H,1H3;2-5H,1H3. The molecule has 0 fully saturated rings. The summed E-state index contributed by atoms with van der Waals surface area (Å²) in [5, 5.41) is 0. The van der Waals surface area contributed by atoms with E-state index in [1.807, 2.05) is 0 Å². The van der Waals surface area contributed by atoms with Crippen molar-refractivity contribution in [3.05, 3.63) is 59.9 Å². The van der Waals surface area contributed by atoms with E-state index < -0.39 is 11.6 Å². The van der Waals surface area contributed by atoms with E-state index in [0.717, 1.165) is 6.07 Å².